The van der Waals surface area contributed by atoms with Crippen LogP contribution < -0.4 is 10.3 Å². The summed E-state index contributed by atoms with van der Waals surface area (Å²) in [6, 6.07) is 0.226. The molecular formula is C11H14N2O4. The van der Waals surface area contributed by atoms with Crippen LogP contribution in [0.5, 0.6) is 6.01 Å². The van der Waals surface area contributed by atoms with Crippen molar-refractivity contribution in [2.24, 2.45) is 0 Å². The van der Waals surface area contributed by atoms with Crippen LogP contribution in [-0.4, -0.2) is 33.0 Å². The van der Waals surface area contributed by atoms with Crippen molar-refractivity contribution in [2.45, 2.75) is 44.8 Å². The van der Waals surface area contributed by atoms with E-state index in [0.29, 0.717) is 5.56 Å². The van der Waals surface area contributed by atoms with Gasteiger partial charge in [-0.05, 0) is 13.3 Å². The summed E-state index contributed by atoms with van der Waals surface area (Å²) in [5, 5.41) is 10.0. The van der Waals surface area contributed by atoms with E-state index < -0.39 is 12.2 Å². The lowest BCUT2D eigenvalue weighted by Gasteiger charge is -2.14. The molecule has 0 aliphatic carbocycles. The van der Waals surface area contributed by atoms with E-state index in [4.69, 9.17) is 9.47 Å². The number of ether oxygens (including phenoxy) is 2. The summed E-state index contributed by atoms with van der Waals surface area (Å²) in [6.07, 6.45) is 0.643. The van der Waals surface area contributed by atoms with Crippen molar-refractivity contribution >= 4 is 0 Å². The molecule has 92 valence electrons. The first-order valence-corrected chi connectivity index (χ1v) is 5.71. The van der Waals surface area contributed by atoms with Gasteiger partial charge in [-0.1, -0.05) is 6.92 Å². The molecule has 4 unspecified atom stereocenters. The van der Waals surface area contributed by atoms with Crippen LogP contribution in [0.15, 0.2) is 11.0 Å². The summed E-state index contributed by atoms with van der Waals surface area (Å²) in [5.41, 5.74) is 0.230. The van der Waals surface area contributed by atoms with E-state index in [0.717, 1.165) is 6.42 Å². The predicted molar refractivity (Wildman–Crippen MR) is 57.9 cm³/mol. The van der Waals surface area contributed by atoms with Crippen LogP contribution in [-0.2, 0) is 4.74 Å². The minimum atomic E-state index is -0.679. The first-order valence-electron chi connectivity index (χ1n) is 5.71. The van der Waals surface area contributed by atoms with E-state index in [9.17, 15) is 9.90 Å². The van der Waals surface area contributed by atoms with Crippen molar-refractivity contribution in [3.8, 4) is 6.01 Å². The zero-order valence-electron chi connectivity index (χ0n) is 9.66. The molecule has 1 saturated heterocycles. The van der Waals surface area contributed by atoms with E-state index in [1.807, 2.05) is 6.92 Å². The molecule has 0 radical (unpaired) electrons. The smallest absolute Gasteiger partial charge is 0.302 e. The molecule has 0 spiro atoms. The Labute approximate surface area is 97.8 Å². The molecule has 1 fully saturated rings. The summed E-state index contributed by atoms with van der Waals surface area (Å²) in [7, 11) is 0. The maximum Gasteiger partial charge on any atom is 0.302 e. The Morgan fingerprint density at radius 2 is 2.35 bits per heavy atom. The minimum absolute atomic E-state index is 0.224. The fourth-order valence-electron chi connectivity index (χ4n) is 2.35. The lowest BCUT2D eigenvalue weighted by Crippen LogP contribution is -2.32. The summed E-state index contributed by atoms with van der Waals surface area (Å²) in [6.45, 7) is 3.64. The first kappa shape index (κ1) is 10.7. The molecule has 0 saturated carbocycles. The normalized spacial score (nSPS) is 34.3. The highest BCUT2D eigenvalue weighted by atomic mass is 16.6. The maximum absolute atomic E-state index is 11.4. The molecule has 2 aliphatic rings. The van der Waals surface area contributed by atoms with Crippen molar-refractivity contribution in [1.29, 1.82) is 0 Å². The number of aliphatic hydroxyl groups is 1. The van der Waals surface area contributed by atoms with E-state index >= 15 is 0 Å². The van der Waals surface area contributed by atoms with Gasteiger partial charge in [0.2, 0.25) is 0 Å². The van der Waals surface area contributed by atoms with Crippen LogP contribution >= 0.6 is 0 Å². The van der Waals surface area contributed by atoms with Crippen LogP contribution in [0.3, 0.4) is 0 Å². The molecule has 1 aromatic heterocycles. The number of hydrogen-bond acceptors (Lipinski definition) is 5. The molecule has 17 heavy (non-hydrogen) atoms. The molecule has 1 aromatic rings. The van der Waals surface area contributed by atoms with Crippen LogP contribution in [0.2, 0.25) is 0 Å². The van der Waals surface area contributed by atoms with Gasteiger partial charge in [0.15, 0.2) is 12.3 Å². The standard InChI is InChI=1S/C11H14N2O4/c1-3-6-7(14)8-10(16-6)13-4-5(2)9(15)12-11(13)17-8/h4,6-8,10,14H,3H2,1-2H3. The van der Waals surface area contributed by atoms with Gasteiger partial charge in [0.1, 0.15) is 6.10 Å². The third-order valence-electron chi connectivity index (χ3n) is 3.32. The number of hydrogen-bond donors (Lipinski definition) is 1. The zero-order chi connectivity index (χ0) is 12.2. The molecule has 6 heteroatoms. The third-order valence-corrected chi connectivity index (χ3v) is 3.32. The van der Waals surface area contributed by atoms with E-state index in [-0.39, 0.29) is 23.9 Å². The Morgan fingerprint density at radius 3 is 3.06 bits per heavy atom. The second kappa shape index (κ2) is 3.54. The maximum atomic E-state index is 11.4. The summed E-state index contributed by atoms with van der Waals surface area (Å²) in [5.74, 6) is 0. The molecule has 4 atom stereocenters. The largest absolute Gasteiger partial charge is 0.453 e. The lowest BCUT2D eigenvalue weighted by molar-refractivity contribution is -0.0184. The van der Waals surface area contributed by atoms with Crippen molar-refractivity contribution in [3.63, 3.8) is 0 Å². The van der Waals surface area contributed by atoms with E-state index in [2.05, 4.69) is 4.98 Å². The molecule has 3 rings (SSSR count). The van der Waals surface area contributed by atoms with Gasteiger partial charge >= 0.3 is 6.01 Å². The molecular weight excluding hydrogens is 224 g/mol. The van der Waals surface area contributed by atoms with E-state index in [1.54, 1.807) is 17.7 Å². The van der Waals surface area contributed by atoms with Crippen LogP contribution in [0.25, 0.3) is 0 Å². The number of aliphatic hydroxyl groups excluding tert-OH is 1. The Morgan fingerprint density at radius 1 is 1.59 bits per heavy atom. The fourth-order valence-corrected chi connectivity index (χ4v) is 2.35. The molecule has 6 nitrogen and oxygen atoms in total. The Kier molecular flexibility index (Phi) is 2.24. The van der Waals surface area contributed by atoms with Gasteiger partial charge in [-0.3, -0.25) is 9.36 Å². The highest BCUT2D eigenvalue weighted by Crippen LogP contribution is 2.39. The Hall–Kier alpha value is -1.40. The quantitative estimate of drug-likeness (QED) is 0.744. The van der Waals surface area contributed by atoms with Gasteiger partial charge in [0, 0.05) is 11.8 Å². The monoisotopic (exact) mass is 238 g/mol. The molecule has 0 bridgehead atoms. The average molecular weight is 238 g/mol. The first-order chi connectivity index (χ1) is 8.11. The van der Waals surface area contributed by atoms with Gasteiger partial charge in [-0.2, -0.15) is 4.98 Å². The van der Waals surface area contributed by atoms with Gasteiger partial charge in [-0.15, -0.1) is 0 Å². The number of aromatic nitrogens is 2. The number of fused-ring (bicyclic) bond motifs is 3. The van der Waals surface area contributed by atoms with Crippen LogP contribution in [0, 0.1) is 6.92 Å². The summed E-state index contributed by atoms with van der Waals surface area (Å²) >= 11 is 0. The van der Waals surface area contributed by atoms with Gasteiger partial charge in [-0.25, -0.2) is 0 Å². The van der Waals surface area contributed by atoms with Crippen LogP contribution in [0.1, 0.15) is 25.1 Å². The van der Waals surface area contributed by atoms with Gasteiger partial charge in [0.25, 0.3) is 5.56 Å². The fraction of sp³-hybridized carbons (Fsp3) is 0.636. The SMILES string of the molecule is CCC1OC2C(Oc3nc(=O)c(C)cn32)C1O. The zero-order valence-corrected chi connectivity index (χ0v) is 9.66. The topological polar surface area (TPSA) is 73.6 Å². The van der Waals surface area contributed by atoms with Crippen molar-refractivity contribution in [2.75, 3.05) is 0 Å². The molecule has 1 N–H and O–H groups in total. The predicted octanol–water partition coefficient (Wildman–Crippen LogP) is -0.0190. The Balaban J connectivity index is 2.02. The summed E-state index contributed by atoms with van der Waals surface area (Å²) in [4.78, 5) is 15.2. The minimum Gasteiger partial charge on any atom is -0.453 e. The number of nitrogens with zero attached hydrogens (tertiary/aromatic N) is 2. The number of aryl methyl sites for hydroxylation is 1. The lowest BCUT2D eigenvalue weighted by atomic mass is 10.1. The average Bonchev–Trinajstić information content (AvgIpc) is 2.78. The molecule has 3 heterocycles. The summed E-state index contributed by atoms with van der Waals surface area (Å²) < 4.78 is 12.9. The highest BCUT2D eigenvalue weighted by molar-refractivity contribution is 5.15. The molecule has 0 aromatic carbocycles. The van der Waals surface area contributed by atoms with Crippen molar-refractivity contribution < 1.29 is 14.6 Å². The highest BCUT2D eigenvalue weighted by Gasteiger charge is 2.50. The third kappa shape index (κ3) is 1.41. The Bertz CT molecular complexity index is 513. The molecule has 0 amide bonds. The second-order valence-electron chi connectivity index (χ2n) is 4.47. The van der Waals surface area contributed by atoms with Crippen LogP contribution in [0.4, 0.5) is 0 Å². The van der Waals surface area contributed by atoms with Gasteiger partial charge in [0.05, 0.1) is 6.10 Å². The van der Waals surface area contributed by atoms with Gasteiger partial charge < -0.3 is 14.6 Å². The second-order valence-corrected chi connectivity index (χ2v) is 4.47. The van der Waals surface area contributed by atoms with Crippen molar-refractivity contribution in [1.82, 2.24) is 9.55 Å². The number of rotatable bonds is 1. The van der Waals surface area contributed by atoms with Crippen molar-refractivity contribution in [3.05, 3.63) is 22.1 Å². The van der Waals surface area contributed by atoms with E-state index in [1.165, 1.54) is 0 Å². The molecule has 2 aliphatic heterocycles.